The van der Waals surface area contributed by atoms with Gasteiger partial charge in [-0.15, -0.1) is 0 Å². The second-order valence-electron chi connectivity index (χ2n) is 5.07. The Kier molecular flexibility index (Phi) is 3.62. The third kappa shape index (κ3) is 2.70. The summed E-state index contributed by atoms with van der Waals surface area (Å²) in [5, 5.41) is 16.1. The van der Waals surface area contributed by atoms with Gasteiger partial charge in [0.05, 0.1) is 16.8 Å². The number of hydrogen-bond acceptors (Lipinski definition) is 5. The van der Waals surface area contributed by atoms with Gasteiger partial charge in [-0.25, -0.2) is 9.50 Å². The van der Waals surface area contributed by atoms with Crippen molar-refractivity contribution in [1.29, 1.82) is 0 Å². The third-order valence-electron chi connectivity index (χ3n) is 3.49. The van der Waals surface area contributed by atoms with Crippen molar-refractivity contribution in [1.82, 2.24) is 14.6 Å². The fourth-order valence-corrected chi connectivity index (χ4v) is 3.47. The highest BCUT2D eigenvalue weighted by Gasteiger charge is 2.13. The van der Waals surface area contributed by atoms with Gasteiger partial charge in [-0.2, -0.15) is 5.10 Å². The smallest absolute Gasteiger partial charge is 0.258 e. The molecule has 24 heavy (non-hydrogen) atoms. The molecule has 0 unspecified atom stereocenters. The Balaban J connectivity index is 1.72. The molecule has 0 atom stereocenters. The van der Waals surface area contributed by atoms with E-state index in [1.54, 1.807) is 16.6 Å². The number of nitro benzene ring substituents is 1. The average molecular weight is 401 g/mol. The summed E-state index contributed by atoms with van der Waals surface area (Å²) < 4.78 is 2.72. The van der Waals surface area contributed by atoms with Crippen LogP contribution in [0.5, 0.6) is 0 Å². The Morgan fingerprint density at radius 3 is 2.62 bits per heavy atom. The molecule has 0 saturated heterocycles. The van der Waals surface area contributed by atoms with Crippen LogP contribution in [-0.4, -0.2) is 19.5 Å². The highest BCUT2D eigenvalue weighted by Crippen LogP contribution is 2.30. The number of aromatic nitrogens is 3. The van der Waals surface area contributed by atoms with Gasteiger partial charge in [0, 0.05) is 27.7 Å². The van der Waals surface area contributed by atoms with E-state index in [1.807, 2.05) is 30.5 Å². The number of nitro groups is 1. The first-order valence-electron chi connectivity index (χ1n) is 6.97. The van der Waals surface area contributed by atoms with Crippen molar-refractivity contribution >= 4 is 37.9 Å². The SMILES string of the molecule is O=[N+]([O-])c1cccc(-c2nn3cc(-c4ccc(Br)cc4)nc3s2)c1. The lowest BCUT2D eigenvalue weighted by molar-refractivity contribution is -0.384. The maximum Gasteiger partial charge on any atom is 0.270 e. The van der Waals surface area contributed by atoms with Crippen molar-refractivity contribution in [3.05, 3.63) is 69.3 Å². The number of hydrogen-bond donors (Lipinski definition) is 0. The summed E-state index contributed by atoms with van der Waals surface area (Å²) in [7, 11) is 0. The van der Waals surface area contributed by atoms with Crippen molar-refractivity contribution in [3.63, 3.8) is 0 Å². The minimum atomic E-state index is -0.409. The van der Waals surface area contributed by atoms with Gasteiger partial charge < -0.3 is 0 Å². The highest BCUT2D eigenvalue weighted by atomic mass is 79.9. The molecule has 2 aromatic heterocycles. The quantitative estimate of drug-likeness (QED) is 0.365. The first-order chi connectivity index (χ1) is 11.6. The van der Waals surface area contributed by atoms with Gasteiger partial charge in [-0.05, 0) is 12.1 Å². The number of halogens is 1. The Hall–Kier alpha value is -2.58. The molecule has 4 rings (SSSR count). The van der Waals surface area contributed by atoms with Gasteiger partial charge in [0.2, 0.25) is 4.96 Å². The average Bonchev–Trinajstić information content (AvgIpc) is 3.14. The van der Waals surface area contributed by atoms with E-state index in [1.165, 1.54) is 23.5 Å². The van der Waals surface area contributed by atoms with Crippen LogP contribution in [0.2, 0.25) is 0 Å². The maximum atomic E-state index is 10.9. The standard InChI is InChI=1S/C16H9BrN4O2S/c17-12-6-4-10(5-7-12)14-9-20-16(18-14)24-15(19-20)11-2-1-3-13(8-11)21(22)23/h1-9H. The van der Waals surface area contributed by atoms with Crippen molar-refractivity contribution < 1.29 is 4.92 Å². The van der Waals surface area contributed by atoms with Gasteiger partial charge in [0.15, 0.2) is 0 Å². The van der Waals surface area contributed by atoms with E-state index in [2.05, 4.69) is 26.0 Å². The summed E-state index contributed by atoms with van der Waals surface area (Å²) in [4.78, 5) is 15.8. The largest absolute Gasteiger partial charge is 0.270 e. The van der Waals surface area contributed by atoms with Gasteiger partial charge >= 0.3 is 0 Å². The van der Waals surface area contributed by atoms with Gasteiger partial charge in [0.25, 0.3) is 5.69 Å². The van der Waals surface area contributed by atoms with Crippen LogP contribution in [0.15, 0.2) is 59.2 Å². The molecule has 4 aromatic rings. The van der Waals surface area contributed by atoms with Gasteiger partial charge in [0.1, 0.15) is 5.01 Å². The molecule has 0 amide bonds. The van der Waals surface area contributed by atoms with E-state index < -0.39 is 4.92 Å². The lowest BCUT2D eigenvalue weighted by atomic mass is 10.2. The summed E-state index contributed by atoms with van der Waals surface area (Å²) in [5.41, 5.74) is 2.61. The summed E-state index contributed by atoms with van der Waals surface area (Å²) in [5.74, 6) is 0. The molecule has 0 radical (unpaired) electrons. The van der Waals surface area contributed by atoms with Crippen LogP contribution in [0.3, 0.4) is 0 Å². The molecule has 6 nitrogen and oxygen atoms in total. The van der Waals surface area contributed by atoms with Crippen LogP contribution in [0.25, 0.3) is 26.8 Å². The number of benzene rings is 2. The maximum absolute atomic E-state index is 10.9. The van der Waals surface area contributed by atoms with Crippen LogP contribution in [0.4, 0.5) is 5.69 Å². The van der Waals surface area contributed by atoms with Crippen molar-refractivity contribution in [3.8, 4) is 21.8 Å². The lowest BCUT2D eigenvalue weighted by Crippen LogP contribution is -1.88. The predicted octanol–water partition coefficient (Wildman–Crippen LogP) is 4.80. The molecule has 8 heteroatoms. The van der Waals surface area contributed by atoms with E-state index in [4.69, 9.17) is 0 Å². The van der Waals surface area contributed by atoms with Crippen LogP contribution in [-0.2, 0) is 0 Å². The minimum Gasteiger partial charge on any atom is -0.258 e. The molecular formula is C16H9BrN4O2S. The molecule has 0 aliphatic heterocycles. The molecule has 2 heterocycles. The van der Waals surface area contributed by atoms with E-state index >= 15 is 0 Å². The topological polar surface area (TPSA) is 73.3 Å². The number of fused-ring (bicyclic) bond motifs is 1. The molecule has 0 saturated carbocycles. The van der Waals surface area contributed by atoms with Crippen LogP contribution in [0, 0.1) is 10.1 Å². The van der Waals surface area contributed by atoms with Crippen LogP contribution < -0.4 is 0 Å². The van der Waals surface area contributed by atoms with E-state index in [0.29, 0.717) is 10.6 Å². The summed E-state index contributed by atoms with van der Waals surface area (Å²) in [6.45, 7) is 0. The Bertz CT molecular complexity index is 1020. The molecular weight excluding hydrogens is 392 g/mol. The highest BCUT2D eigenvalue weighted by molar-refractivity contribution is 9.10. The second-order valence-corrected chi connectivity index (χ2v) is 6.95. The van der Waals surface area contributed by atoms with Crippen molar-refractivity contribution in [2.75, 3.05) is 0 Å². The molecule has 0 aliphatic rings. The zero-order chi connectivity index (χ0) is 16.7. The zero-order valence-corrected chi connectivity index (χ0v) is 14.5. The Labute approximate surface area is 148 Å². The molecule has 118 valence electrons. The number of rotatable bonds is 3. The normalized spacial score (nSPS) is 11.0. The first-order valence-corrected chi connectivity index (χ1v) is 8.58. The van der Waals surface area contributed by atoms with E-state index in [0.717, 1.165) is 20.7 Å². The van der Waals surface area contributed by atoms with Gasteiger partial charge in [-0.1, -0.05) is 51.5 Å². The molecule has 2 aromatic carbocycles. The molecule has 0 aliphatic carbocycles. The summed E-state index contributed by atoms with van der Waals surface area (Å²) >= 11 is 4.81. The zero-order valence-electron chi connectivity index (χ0n) is 12.1. The Morgan fingerprint density at radius 2 is 1.92 bits per heavy atom. The fourth-order valence-electron chi connectivity index (χ4n) is 2.33. The van der Waals surface area contributed by atoms with Gasteiger partial charge in [-0.3, -0.25) is 10.1 Å². The Morgan fingerprint density at radius 1 is 1.12 bits per heavy atom. The number of nitrogens with zero attached hydrogens (tertiary/aromatic N) is 4. The van der Waals surface area contributed by atoms with Crippen molar-refractivity contribution in [2.45, 2.75) is 0 Å². The minimum absolute atomic E-state index is 0.0518. The molecule has 0 spiro atoms. The van der Waals surface area contributed by atoms with Crippen LogP contribution in [0.1, 0.15) is 0 Å². The lowest BCUT2D eigenvalue weighted by Gasteiger charge is -1.96. The fraction of sp³-hybridized carbons (Fsp3) is 0. The van der Waals surface area contributed by atoms with E-state index in [9.17, 15) is 10.1 Å². The second kappa shape index (κ2) is 5.81. The third-order valence-corrected chi connectivity index (χ3v) is 4.99. The van der Waals surface area contributed by atoms with Crippen molar-refractivity contribution in [2.24, 2.45) is 0 Å². The summed E-state index contributed by atoms with van der Waals surface area (Å²) in [6, 6.07) is 14.3. The monoisotopic (exact) mass is 400 g/mol. The molecule has 0 fully saturated rings. The number of non-ortho nitro benzene ring substituents is 1. The summed E-state index contributed by atoms with van der Waals surface area (Å²) in [6.07, 6.45) is 1.86. The van der Waals surface area contributed by atoms with Crippen LogP contribution >= 0.6 is 27.3 Å². The molecule has 0 N–H and O–H groups in total. The first kappa shape index (κ1) is 15.0. The predicted molar refractivity (Wildman–Crippen MR) is 96.1 cm³/mol. The molecule has 0 bridgehead atoms. The van der Waals surface area contributed by atoms with E-state index in [-0.39, 0.29) is 5.69 Å². The number of imidazole rings is 1.